The second kappa shape index (κ2) is 2.12. The van der Waals surface area contributed by atoms with E-state index in [0.29, 0.717) is 0 Å². The summed E-state index contributed by atoms with van der Waals surface area (Å²) < 4.78 is 5.15. The molecule has 0 radical (unpaired) electrons. The summed E-state index contributed by atoms with van der Waals surface area (Å²) in [6, 6.07) is 8.34. The highest BCUT2D eigenvalue weighted by Gasteiger charge is 2.31. The van der Waals surface area contributed by atoms with Crippen LogP contribution in [0.5, 0.6) is 0 Å². The Balaban J connectivity index is 2.27. The molecule has 0 N–H and O–H groups in total. The molecule has 1 saturated heterocycles. The second-order valence-corrected chi connectivity index (χ2v) is 2.87. The summed E-state index contributed by atoms with van der Waals surface area (Å²) in [5, 5.41) is 0. The number of rotatable bonds is 1. The predicted octanol–water partition coefficient (Wildman–Crippen LogP) is 2.58. The van der Waals surface area contributed by atoms with Gasteiger partial charge in [0, 0.05) is 0 Å². The number of hydrogen-bond acceptors (Lipinski definition) is 1. The van der Waals surface area contributed by atoms with Crippen molar-refractivity contribution in [1.29, 1.82) is 0 Å². The highest BCUT2D eigenvalue weighted by molar-refractivity contribution is 5.31. The fraction of sp³-hybridized carbons (Fsp3) is 0.200. The summed E-state index contributed by atoms with van der Waals surface area (Å²) in [5.74, 6) is 0.883. The fourth-order valence-corrected chi connectivity index (χ4v) is 1.11. The molecule has 1 atom stereocenters. The second-order valence-electron chi connectivity index (χ2n) is 2.87. The highest BCUT2D eigenvalue weighted by Crippen LogP contribution is 2.40. The van der Waals surface area contributed by atoms with Gasteiger partial charge in [-0.15, -0.1) is 0 Å². The molecule has 0 spiro atoms. The van der Waals surface area contributed by atoms with E-state index in [1.807, 2.05) is 0 Å². The zero-order valence-electron chi connectivity index (χ0n) is 6.50. The van der Waals surface area contributed by atoms with Crippen molar-refractivity contribution in [2.75, 3.05) is 0 Å². The Morgan fingerprint density at radius 1 is 1.27 bits per heavy atom. The quantitative estimate of drug-likeness (QED) is 0.555. The molecule has 0 bridgehead atoms. The maximum Gasteiger partial charge on any atom is 0.180 e. The SMILES string of the molecule is C=C1OC1c1ccc(C)cc1. The van der Waals surface area contributed by atoms with Gasteiger partial charge in [-0.05, 0) is 12.5 Å². The van der Waals surface area contributed by atoms with E-state index in [9.17, 15) is 0 Å². The van der Waals surface area contributed by atoms with Gasteiger partial charge in [-0.1, -0.05) is 36.4 Å². The van der Waals surface area contributed by atoms with Crippen molar-refractivity contribution in [1.82, 2.24) is 0 Å². The average molecular weight is 146 g/mol. The lowest BCUT2D eigenvalue weighted by atomic mass is 10.1. The number of epoxide rings is 1. The Bertz CT molecular complexity index is 284. The zero-order chi connectivity index (χ0) is 7.84. The van der Waals surface area contributed by atoms with Crippen LogP contribution in [0.25, 0.3) is 0 Å². The first-order valence-electron chi connectivity index (χ1n) is 3.69. The molecule has 1 aromatic carbocycles. The molecular weight excluding hydrogens is 136 g/mol. The molecule has 0 amide bonds. The molecule has 2 rings (SSSR count). The van der Waals surface area contributed by atoms with Crippen LogP contribution in [0.4, 0.5) is 0 Å². The number of hydrogen-bond donors (Lipinski definition) is 0. The Morgan fingerprint density at radius 3 is 2.27 bits per heavy atom. The van der Waals surface area contributed by atoms with Gasteiger partial charge in [0.25, 0.3) is 0 Å². The molecule has 56 valence electrons. The molecule has 1 aliphatic heterocycles. The molecule has 1 aromatic rings. The summed E-state index contributed by atoms with van der Waals surface area (Å²) in [7, 11) is 0. The molecule has 1 unspecified atom stereocenters. The van der Waals surface area contributed by atoms with Crippen LogP contribution >= 0.6 is 0 Å². The average Bonchev–Trinajstić information content (AvgIpc) is 2.69. The number of benzene rings is 1. The Hall–Kier alpha value is -1.24. The first-order valence-corrected chi connectivity index (χ1v) is 3.69. The molecule has 1 nitrogen and oxygen atoms in total. The standard InChI is InChI=1S/C10H10O/c1-7-3-5-9(6-4-7)10-8(2)11-10/h3-6,10H,2H2,1H3. The molecule has 1 heterocycles. The van der Waals surface area contributed by atoms with Gasteiger partial charge in [-0.2, -0.15) is 0 Å². The van der Waals surface area contributed by atoms with Gasteiger partial charge in [-0.25, -0.2) is 0 Å². The summed E-state index contributed by atoms with van der Waals surface area (Å²) in [4.78, 5) is 0. The first kappa shape index (κ1) is 6.47. The van der Waals surface area contributed by atoms with E-state index in [1.54, 1.807) is 0 Å². The normalized spacial score (nSPS) is 21.2. The van der Waals surface area contributed by atoms with Crippen molar-refractivity contribution in [3.63, 3.8) is 0 Å². The van der Waals surface area contributed by atoms with Crippen LogP contribution in [-0.2, 0) is 4.74 Å². The van der Waals surface area contributed by atoms with Crippen LogP contribution in [0.15, 0.2) is 36.6 Å². The fourth-order valence-electron chi connectivity index (χ4n) is 1.11. The third-order valence-electron chi connectivity index (χ3n) is 1.88. The summed E-state index contributed by atoms with van der Waals surface area (Å²) >= 11 is 0. The van der Waals surface area contributed by atoms with Crippen molar-refractivity contribution >= 4 is 0 Å². The van der Waals surface area contributed by atoms with E-state index in [4.69, 9.17) is 4.74 Å². The number of aryl methyl sites for hydroxylation is 1. The molecule has 0 saturated carbocycles. The third kappa shape index (κ3) is 1.14. The van der Waals surface area contributed by atoms with Crippen molar-refractivity contribution in [3.05, 3.63) is 47.7 Å². The van der Waals surface area contributed by atoms with Gasteiger partial charge < -0.3 is 4.74 Å². The van der Waals surface area contributed by atoms with Gasteiger partial charge in [0.2, 0.25) is 0 Å². The van der Waals surface area contributed by atoms with E-state index in [1.165, 1.54) is 11.1 Å². The highest BCUT2D eigenvalue weighted by atomic mass is 16.6. The first-order chi connectivity index (χ1) is 5.27. The van der Waals surface area contributed by atoms with E-state index in [2.05, 4.69) is 37.8 Å². The Kier molecular flexibility index (Phi) is 1.25. The van der Waals surface area contributed by atoms with E-state index < -0.39 is 0 Å². The van der Waals surface area contributed by atoms with Crippen LogP contribution < -0.4 is 0 Å². The van der Waals surface area contributed by atoms with Gasteiger partial charge in [0.1, 0.15) is 5.76 Å². The van der Waals surface area contributed by atoms with Crippen molar-refractivity contribution in [2.45, 2.75) is 13.0 Å². The molecule has 0 aliphatic carbocycles. The van der Waals surface area contributed by atoms with Crippen molar-refractivity contribution in [3.8, 4) is 0 Å². The minimum absolute atomic E-state index is 0.176. The van der Waals surface area contributed by atoms with Crippen LogP contribution in [0.3, 0.4) is 0 Å². The maximum absolute atomic E-state index is 5.15. The summed E-state index contributed by atoms with van der Waals surface area (Å²) in [5.41, 5.74) is 2.49. The lowest BCUT2D eigenvalue weighted by molar-refractivity contribution is 0.437. The van der Waals surface area contributed by atoms with Crippen LogP contribution in [0.2, 0.25) is 0 Å². The topological polar surface area (TPSA) is 12.5 Å². The van der Waals surface area contributed by atoms with Gasteiger partial charge >= 0.3 is 0 Å². The monoisotopic (exact) mass is 146 g/mol. The maximum atomic E-state index is 5.15. The molecule has 1 fully saturated rings. The molecule has 1 heteroatoms. The minimum atomic E-state index is 0.176. The Morgan fingerprint density at radius 2 is 1.82 bits per heavy atom. The smallest absolute Gasteiger partial charge is 0.180 e. The summed E-state index contributed by atoms with van der Waals surface area (Å²) in [6.45, 7) is 5.80. The lowest BCUT2D eigenvalue weighted by Crippen LogP contribution is -1.78. The van der Waals surface area contributed by atoms with Crippen LogP contribution in [-0.4, -0.2) is 0 Å². The van der Waals surface area contributed by atoms with Gasteiger partial charge in [0.15, 0.2) is 6.10 Å². The molecule has 1 aliphatic rings. The molecule has 11 heavy (non-hydrogen) atoms. The van der Waals surface area contributed by atoms with E-state index >= 15 is 0 Å². The molecular formula is C10H10O. The molecule has 0 aromatic heterocycles. The van der Waals surface area contributed by atoms with Crippen molar-refractivity contribution < 1.29 is 4.74 Å². The van der Waals surface area contributed by atoms with Gasteiger partial charge in [0.05, 0.1) is 0 Å². The lowest BCUT2D eigenvalue weighted by Gasteiger charge is -1.93. The van der Waals surface area contributed by atoms with Crippen LogP contribution in [0.1, 0.15) is 17.2 Å². The minimum Gasteiger partial charge on any atom is -0.478 e. The third-order valence-corrected chi connectivity index (χ3v) is 1.88. The van der Waals surface area contributed by atoms with E-state index in [0.717, 1.165) is 5.76 Å². The predicted molar refractivity (Wildman–Crippen MR) is 44.1 cm³/mol. The summed E-state index contributed by atoms with van der Waals surface area (Å²) in [6.07, 6.45) is 0.176. The number of ether oxygens (including phenoxy) is 1. The van der Waals surface area contributed by atoms with Crippen LogP contribution in [0, 0.1) is 6.92 Å². The van der Waals surface area contributed by atoms with Gasteiger partial charge in [-0.3, -0.25) is 0 Å². The zero-order valence-corrected chi connectivity index (χ0v) is 6.50. The van der Waals surface area contributed by atoms with E-state index in [-0.39, 0.29) is 6.10 Å². The van der Waals surface area contributed by atoms with Crippen molar-refractivity contribution in [2.24, 2.45) is 0 Å². The largest absolute Gasteiger partial charge is 0.478 e. The Labute approximate surface area is 66.3 Å².